The molecular weight excluding hydrogens is 262 g/mol. The molecule has 4 heteroatoms. The van der Waals surface area contributed by atoms with Gasteiger partial charge in [0, 0.05) is 9.77 Å². The molecule has 1 amide bonds. The van der Waals surface area contributed by atoms with Crippen molar-refractivity contribution in [2.45, 2.75) is 18.4 Å². The third kappa shape index (κ3) is 3.89. The average molecular weight is 277 g/mol. The minimum atomic E-state index is 0.0802. The molecule has 0 saturated carbocycles. The lowest BCUT2D eigenvalue weighted by atomic mass is 10.2. The lowest BCUT2D eigenvalue weighted by Crippen LogP contribution is -2.24. The number of hydrogen-bond acceptors (Lipinski definition) is 3. The molecule has 1 heterocycles. The van der Waals surface area contributed by atoms with Gasteiger partial charge in [-0.2, -0.15) is 0 Å². The summed E-state index contributed by atoms with van der Waals surface area (Å²) >= 11 is 3.24. The standard InChI is InChI=1S/C14H15NOS2/c1-11-5-2-3-7-13(11)18-10-14(16)15-9-12-6-4-8-17-12/h2-8H,9-10H2,1H3,(H,15,16). The van der Waals surface area contributed by atoms with E-state index in [4.69, 9.17) is 0 Å². The lowest BCUT2D eigenvalue weighted by Gasteiger charge is -2.05. The molecule has 0 saturated heterocycles. The van der Waals surface area contributed by atoms with Gasteiger partial charge in [0.05, 0.1) is 12.3 Å². The quantitative estimate of drug-likeness (QED) is 0.848. The topological polar surface area (TPSA) is 29.1 Å². The maximum Gasteiger partial charge on any atom is 0.230 e. The van der Waals surface area contributed by atoms with Gasteiger partial charge in [0.15, 0.2) is 0 Å². The van der Waals surface area contributed by atoms with E-state index in [9.17, 15) is 4.79 Å². The fraction of sp³-hybridized carbons (Fsp3) is 0.214. The third-order valence-corrected chi connectivity index (χ3v) is 4.54. The van der Waals surface area contributed by atoms with Gasteiger partial charge in [-0.1, -0.05) is 24.3 Å². The molecule has 0 unspecified atom stereocenters. The van der Waals surface area contributed by atoms with Crippen molar-refractivity contribution < 1.29 is 4.79 Å². The van der Waals surface area contributed by atoms with Crippen molar-refractivity contribution in [2.24, 2.45) is 0 Å². The van der Waals surface area contributed by atoms with Crippen LogP contribution in [0.5, 0.6) is 0 Å². The maximum atomic E-state index is 11.7. The Morgan fingerprint density at radius 3 is 2.83 bits per heavy atom. The highest BCUT2D eigenvalue weighted by atomic mass is 32.2. The van der Waals surface area contributed by atoms with E-state index in [-0.39, 0.29) is 5.91 Å². The second kappa shape index (κ2) is 6.61. The summed E-state index contributed by atoms with van der Waals surface area (Å²) in [7, 11) is 0. The minimum Gasteiger partial charge on any atom is -0.350 e. The van der Waals surface area contributed by atoms with Gasteiger partial charge in [0.1, 0.15) is 0 Å². The number of hydrogen-bond donors (Lipinski definition) is 1. The largest absolute Gasteiger partial charge is 0.350 e. The summed E-state index contributed by atoms with van der Waals surface area (Å²) in [5.41, 5.74) is 1.22. The van der Waals surface area contributed by atoms with Crippen LogP contribution in [0, 0.1) is 6.92 Å². The number of amides is 1. The van der Waals surface area contributed by atoms with E-state index in [2.05, 4.69) is 18.3 Å². The first-order valence-corrected chi connectivity index (χ1v) is 7.60. The summed E-state index contributed by atoms with van der Waals surface area (Å²) in [5, 5.41) is 4.94. The second-order valence-electron chi connectivity index (χ2n) is 3.91. The zero-order valence-electron chi connectivity index (χ0n) is 10.2. The van der Waals surface area contributed by atoms with Gasteiger partial charge in [0.2, 0.25) is 5.91 Å². The molecule has 2 aromatic rings. The van der Waals surface area contributed by atoms with E-state index in [1.807, 2.05) is 35.7 Å². The van der Waals surface area contributed by atoms with Crippen molar-refractivity contribution in [3.05, 3.63) is 52.2 Å². The maximum absolute atomic E-state index is 11.7. The van der Waals surface area contributed by atoms with Crippen LogP contribution in [0.25, 0.3) is 0 Å². The van der Waals surface area contributed by atoms with Crippen LogP contribution in [0.1, 0.15) is 10.4 Å². The van der Waals surface area contributed by atoms with Crippen molar-refractivity contribution in [1.29, 1.82) is 0 Å². The highest BCUT2D eigenvalue weighted by Crippen LogP contribution is 2.21. The van der Waals surface area contributed by atoms with E-state index in [1.54, 1.807) is 23.1 Å². The van der Waals surface area contributed by atoms with Gasteiger partial charge in [-0.3, -0.25) is 4.79 Å². The second-order valence-corrected chi connectivity index (χ2v) is 5.96. The number of thiophene rings is 1. The molecule has 0 fully saturated rings. The summed E-state index contributed by atoms with van der Waals surface area (Å²) in [6, 6.07) is 12.1. The van der Waals surface area contributed by atoms with E-state index in [0.29, 0.717) is 12.3 Å². The fourth-order valence-corrected chi connectivity index (χ4v) is 3.02. The number of benzene rings is 1. The molecule has 1 N–H and O–H groups in total. The van der Waals surface area contributed by atoms with Gasteiger partial charge in [0.25, 0.3) is 0 Å². The molecule has 0 radical (unpaired) electrons. The van der Waals surface area contributed by atoms with Crippen molar-refractivity contribution in [3.8, 4) is 0 Å². The molecule has 0 aliphatic rings. The zero-order valence-corrected chi connectivity index (χ0v) is 11.8. The molecule has 0 aliphatic carbocycles. The summed E-state index contributed by atoms with van der Waals surface area (Å²) in [5.74, 6) is 0.549. The number of nitrogens with one attached hydrogen (secondary N) is 1. The van der Waals surface area contributed by atoms with Crippen molar-refractivity contribution in [3.63, 3.8) is 0 Å². The van der Waals surface area contributed by atoms with Crippen LogP contribution in [0.15, 0.2) is 46.7 Å². The third-order valence-electron chi connectivity index (χ3n) is 2.49. The molecule has 0 spiro atoms. The first-order valence-electron chi connectivity index (χ1n) is 5.73. The molecule has 2 nitrogen and oxygen atoms in total. The molecule has 0 bridgehead atoms. The van der Waals surface area contributed by atoms with Crippen LogP contribution in [0.3, 0.4) is 0 Å². The number of aryl methyl sites for hydroxylation is 1. The van der Waals surface area contributed by atoms with Crippen LogP contribution in [0.4, 0.5) is 0 Å². The summed E-state index contributed by atoms with van der Waals surface area (Å²) < 4.78 is 0. The summed E-state index contributed by atoms with van der Waals surface area (Å²) in [6.07, 6.45) is 0. The Kier molecular flexibility index (Phi) is 4.84. The van der Waals surface area contributed by atoms with E-state index >= 15 is 0 Å². The number of thioether (sulfide) groups is 1. The Bertz CT molecular complexity index is 508. The van der Waals surface area contributed by atoms with E-state index < -0.39 is 0 Å². The number of carbonyl (C=O) groups is 1. The smallest absolute Gasteiger partial charge is 0.230 e. The van der Waals surface area contributed by atoms with Crippen molar-refractivity contribution >= 4 is 29.0 Å². The predicted molar refractivity (Wildman–Crippen MR) is 78.1 cm³/mol. The average Bonchev–Trinajstić information content (AvgIpc) is 2.88. The van der Waals surface area contributed by atoms with Crippen LogP contribution in [-0.2, 0) is 11.3 Å². The van der Waals surface area contributed by atoms with Gasteiger partial charge < -0.3 is 5.32 Å². The van der Waals surface area contributed by atoms with Gasteiger partial charge in [-0.05, 0) is 30.0 Å². The van der Waals surface area contributed by atoms with E-state index in [0.717, 1.165) is 0 Å². The lowest BCUT2D eigenvalue weighted by molar-refractivity contribution is -0.118. The van der Waals surface area contributed by atoms with Gasteiger partial charge >= 0.3 is 0 Å². The SMILES string of the molecule is Cc1ccccc1SCC(=O)NCc1cccs1. The Morgan fingerprint density at radius 1 is 1.28 bits per heavy atom. The Hall–Kier alpha value is -1.26. The predicted octanol–water partition coefficient (Wildman–Crippen LogP) is 3.47. The summed E-state index contributed by atoms with van der Waals surface area (Å²) in [6.45, 7) is 2.69. The Balaban J connectivity index is 1.77. The Labute approximate surface area is 115 Å². The van der Waals surface area contributed by atoms with E-state index in [1.165, 1.54) is 15.3 Å². The van der Waals surface area contributed by atoms with Crippen molar-refractivity contribution in [1.82, 2.24) is 5.32 Å². The molecule has 0 aliphatic heterocycles. The molecule has 18 heavy (non-hydrogen) atoms. The Morgan fingerprint density at radius 2 is 2.11 bits per heavy atom. The van der Waals surface area contributed by atoms with Gasteiger partial charge in [-0.25, -0.2) is 0 Å². The van der Waals surface area contributed by atoms with Gasteiger partial charge in [-0.15, -0.1) is 23.1 Å². The summed E-state index contributed by atoms with van der Waals surface area (Å²) in [4.78, 5) is 14.1. The monoisotopic (exact) mass is 277 g/mol. The molecule has 1 aromatic heterocycles. The molecule has 1 aromatic carbocycles. The molecule has 94 valence electrons. The fourth-order valence-electron chi connectivity index (χ4n) is 1.51. The molecule has 0 atom stereocenters. The molecular formula is C14H15NOS2. The molecule has 2 rings (SSSR count). The zero-order chi connectivity index (χ0) is 12.8. The number of rotatable bonds is 5. The highest BCUT2D eigenvalue weighted by Gasteiger charge is 2.04. The first kappa shape index (κ1) is 13.2. The van der Waals surface area contributed by atoms with Crippen LogP contribution in [0.2, 0.25) is 0 Å². The minimum absolute atomic E-state index is 0.0802. The first-order chi connectivity index (χ1) is 8.75. The van der Waals surface area contributed by atoms with Crippen LogP contribution < -0.4 is 5.32 Å². The van der Waals surface area contributed by atoms with Crippen LogP contribution >= 0.6 is 23.1 Å². The van der Waals surface area contributed by atoms with Crippen LogP contribution in [-0.4, -0.2) is 11.7 Å². The highest BCUT2D eigenvalue weighted by molar-refractivity contribution is 8.00. The van der Waals surface area contributed by atoms with Crippen molar-refractivity contribution in [2.75, 3.05) is 5.75 Å². The normalized spacial score (nSPS) is 10.3. The number of carbonyl (C=O) groups excluding carboxylic acids is 1.